The number of piperazine rings is 1. The Morgan fingerprint density at radius 2 is 2.06 bits per heavy atom. The number of hydrogen-bond donors (Lipinski definition) is 1. The lowest BCUT2D eigenvalue weighted by molar-refractivity contribution is 0.214. The lowest BCUT2D eigenvalue weighted by atomic mass is 9.90. The Kier molecular flexibility index (Phi) is 3.81. The van der Waals surface area contributed by atoms with Gasteiger partial charge in [-0.2, -0.15) is 0 Å². The zero-order valence-corrected chi connectivity index (χ0v) is 10.9. The third-order valence-corrected chi connectivity index (χ3v) is 4.09. The molecule has 18 heavy (non-hydrogen) atoms. The average molecular weight is 246 g/mol. The quantitative estimate of drug-likeness (QED) is 0.881. The molecular weight excluding hydrogens is 224 g/mol. The van der Waals surface area contributed by atoms with E-state index in [-0.39, 0.29) is 0 Å². The normalized spacial score (nSPS) is 24.3. The van der Waals surface area contributed by atoms with Crippen LogP contribution in [0.5, 0.6) is 5.75 Å². The van der Waals surface area contributed by atoms with E-state index in [1.54, 1.807) is 0 Å². The number of nitrogens with one attached hydrogen (secondary N) is 1. The molecule has 0 amide bonds. The van der Waals surface area contributed by atoms with Crippen molar-refractivity contribution in [2.24, 2.45) is 0 Å². The lowest BCUT2D eigenvalue weighted by Gasteiger charge is -2.31. The predicted octanol–water partition coefficient (Wildman–Crippen LogP) is 1.85. The molecule has 1 fully saturated rings. The van der Waals surface area contributed by atoms with E-state index in [1.165, 1.54) is 38.0 Å². The second-order valence-corrected chi connectivity index (χ2v) is 5.25. The van der Waals surface area contributed by atoms with Crippen molar-refractivity contribution < 1.29 is 4.74 Å². The largest absolute Gasteiger partial charge is 0.493 e. The van der Waals surface area contributed by atoms with E-state index in [9.17, 15) is 0 Å². The number of hydrogen-bond acceptors (Lipinski definition) is 3. The van der Waals surface area contributed by atoms with Crippen LogP contribution < -0.4 is 10.1 Å². The van der Waals surface area contributed by atoms with Crippen molar-refractivity contribution in [1.82, 2.24) is 10.2 Å². The van der Waals surface area contributed by atoms with Gasteiger partial charge < -0.3 is 15.0 Å². The summed E-state index contributed by atoms with van der Waals surface area (Å²) in [5.74, 6) is 1.79. The van der Waals surface area contributed by atoms with Gasteiger partial charge in [0, 0.05) is 26.2 Å². The van der Waals surface area contributed by atoms with Gasteiger partial charge in [-0.25, -0.2) is 0 Å². The molecule has 0 radical (unpaired) electrons. The fourth-order valence-electron chi connectivity index (χ4n) is 2.99. The Hall–Kier alpha value is -1.06. The first-order valence-electron chi connectivity index (χ1n) is 7.08. The van der Waals surface area contributed by atoms with Gasteiger partial charge in [0.15, 0.2) is 0 Å². The average Bonchev–Trinajstić information content (AvgIpc) is 2.46. The molecule has 1 unspecified atom stereocenters. The standard InChI is InChI=1S/C15H22N2O/c1-2-4-15-14(3-1)13(6-12-18-15)5-9-17-10-7-16-8-11-17/h1-4,13,16H,5-12H2. The van der Waals surface area contributed by atoms with E-state index in [4.69, 9.17) is 4.74 Å². The molecule has 0 saturated carbocycles. The molecular formula is C15H22N2O. The molecule has 1 aromatic carbocycles. The van der Waals surface area contributed by atoms with Crippen LogP contribution in [0.1, 0.15) is 24.3 Å². The summed E-state index contributed by atoms with van der Waals surface area (Å²) in [6, 6.07) is 8.53. The van der Waals surface area contributed by atoms with Crippen LogP contribution in [0.15, 0.2) is 24.3 Å². The second-order valence-electron chi connectivity index (χ2n) is 5.25. The van der Waals surface area contributed by atoms with E-state index >= 15 is 0 Å². The topological polar surface area (TPSA) is 24.5 Å². The van der Waals surface area contributed by atoms with Gasteiger partial charge in [-0.05, 0) is 36.9 Å². The van der Waals surface area contributed by atoms with Crippen LogP contribution in [-0.2, 0) is 0 Å². The number of nitrogens with zero attached hydrogens (tertiary/aromatic N) is 1. The minimum Gasteiger partial charge on any atom is -0.493 e. The van der Waals surface area contributed by atoms with Crippen molar-refractivity contribution in [3.05, 3.63) is 29.8 Å². The number of ether oxygens (including phenoxy) is 1. The molecule has 3 nitrogen and oxygen atoms in total. The van der Waals surface area contributed by atoms with Crippen LogP contribution in [0, 0.1) is 0 Å². The Morgan fingerprint density at radius 1 is 1.22 bits per heavy atom. The Morgan fingerprint density at radius 3 is 2.94 bits per heavy atom. The van der Waals surface area contributed by atoms with E-state index in [0.29, 0.717) is 5.92 Å². The molecule has 1 aromatic rings. The molecule has 1 atom stereocenters. The fraction of sp³-hybridized carbons (Fsp3) is 0.600. The minimum absolute atomic E-state index is 0.685. The van der Waals surface area contributed by atoms with Crippen LogP contribution in [0.4, 0.5) is 0 Å². The van der Waals surface area contributed by atoms with E-state index in [0.717, 1.165) is 25.4 Å². The van der Waals surface area contributed by atoms with Crippen molar-refractivity contribution in [2.75, 3.05) is 39.3 Å². The highest BCUT2D eigenvalue weighted by atomic mass is 16.5. The zero-order valence-electron chi connectivity index (χ0n) is 10.9. The third-order valence-electron chi connectivity index (χ3n) is 4.09. The maximum atomic E-state index is 5.72. The van der Waals surface area contributed by atoms with Crippen LogP contribution in [-0.4, -0.2) is 44.2 Å². The molecule has 2 heterocycles. The first-order valence-corrected chi connectivity index (χ1v) is 7.08. The summed E-state index contributed by atoms with van der Waals surface area (Å²) in [6.07, 6.45) is 2.43. The van der Waals surface area contributed by atoms with E-state index in [2.05, 4.69) is 34.5 Å². The molecule has 0 spiro atoms. The first-order chi connectivity index (χ1) is 8.93. The molecule has 2 aliphatic rings. The van der Waals surface area contributed by atoms with Crippen LogP contribution in [0.3, 0.4) is 0 Å². The van der Waals surface area contributed by atoms with Crippen molar-refractivity contribution in [3.63, 3.8) is 0 Å². The van der Waals surface area contributed by atoms with Crippen LogP contribution >= 0.6 is 0 Å². The van der Waals surface area contributed by atoms with Gasteiger partial charge in [0.2, 0.25) is 0 Å². The summed E-state index contributed by atoms with van der Waals surface area (Å²) in [5, 5.41) is 3.41. The predicted molar refractivity (Wildman–Crippen MR) is 73.2 cm³/mol. The smallest absolute Gasteiger partial charge is 0.122 e. The Balaban J connectivity index is 1.60. The molecule has 1 saturated heterocycles. The molecule has 1 N–H and O–H groups in total. The highest BCUT2D eigenvalue weighted by Gasteiger charge is 2.21. The molecule has 0 aromatic heterocycles. The molecule has 2 aliphatic heterocycles. The maximum Gasteiger partial charge on any atom is 0.122 e. The highest BCUT2D eigenvalue weighted by molar-refractivity contribution is 5.37. The lowest BCUT2D eigenvalue weighted by Crippen LogP contribution is -2.44. The van der Waals surface area contributed by atoms with Gasteiger partial charge in [0.1, 0.15) is 5.75 Å². The number of para-hydroxylation sites is 1. The monoisotopic (exact) mass is 246 g/mol. The Bertz CT molecular complexity index is 388. The van der Waals surface area contributed by atoms with Crippen molar-refractivity contribution in [3.8, 4) is 5.75 Å². The summed E-state index contributed by atoms with van der Waals surface area (Å²) < 4.78 is 5.72. The number of benzene rings is 1. The van der Waals surface area contributed by atoms with Gasteiger partial charge in [-0.1, -0.05) is 18.2 Å². The number of rotatable bonds is 3. The summed E-state index contributed by atoms with van der Waals surface area (Å²) >= 11 is 0. The van der Waals surface area contributed by atoms with Gasteiger partial charge >= 0.3 is 0 Å². The molecule has 3 rings (SSSR count). The Labute approximate surface area is 109 Å². The van der Waals surface area contributed by atoms with Gasteiger partial charge in [0.25, 0.3) is 0 Å². The van der Waals surface area contributed by atoms with E-state index < -0.39 is 0 Å². The summed E-state index contributed by atoms with van der Waals surface area (Å²) in [6.45, 7) is 6.79. The highest BCUT2D eigenvalue weighted by Crippen LogP contribution is 2.35. The number of fused-ring (bicyclic) bond motifs is 1. The minimum atomic E-state index is 0.685. The van der Waals surface area contributed by atoms with Gasteiger partial charge in [0.05, 0.1) is 6.61 Å². The van der Waals surface area contributed by atoms with Crippen LogP contribution in [0.25, 0.3) is 0 Å². The summed E-state index contributed by atoms with van der Waals surface area (Å²) in [5.41, 5.74) is 1.42. The van der Waals surface area contributed by atoms with Crippen molar-refractivity contribution in [1.29, 1.82) is 0 Å². The van der Waals surface area contributed by atoms with Gasteiger partial charge in [-0.3, -0.25) is 0 Å². The molecule has 0 aliphatic carbocycles. The SMILES string of the molecule is c1ccc2c(c1)OCCC2CCN1CCNCC1. The summed E-state index contributed by atoms with van der Waals surface area (Å²) in [7, 11) is 0. The fourth-order valence-corrected chi connectivity index (χ4v) is 2.99. The zero-order chi connectivity index (χ0) is 12.2. The molecule has 3 heteroatoms. The first kappa shape index (κ1) is 12.0. The van der Waals surface area contributed by atoms with Crippen LogP contribution in [0.2, 0.25) is 0 Å². The summed E-state index contributed by atoms with van der Waals surface area (Å²) in [4.78, 5) is 2.58. The molecule has 0 bridgehead atoms. The molecule has 98 valence electrons. The van der Waals surface area contributed by atoms with E-state index in [1.807, 2.05) is 0 Å². The van der Waals surface area contributed by atoms with Gasteiger partial charge in [-0.15, -0.1) is 0 Å². The van der Waals surface area contributed by atoms with Crippen molar-refractivity contribution >= 4 is 0 Å². The second kappa shape index (κ2) is 5.72. The maximum absolute atomic E-state index is 5.72. The third kappa shape index (κ3) is 2.68. The van der Waals surface area contributed by atoms with Crippen molar-refractivity contribution in [2.45, 2.75) is 18.8 Å².